The predicted molar refractivity (Wildman–Crippen MR) is 107 cm³/mol. The summed E-state index contributed by atoms with van der Waals surface area (Å²) in [7, 11) is -2.21. The molecule has 152 valence electrons. The molecule has 3 aromatic rings. The third-order valence-electron chi connectivity index (χ3n) is 4.88. The van der Waals surface area contributed by atoms with E-state index in [1.807, 2.05) is 0 Å². The average Bonchev–Trinajstić information content (AvgIpc) is 3.07. The molecule has 1 amide bonds. The summed E-state index contributed by atoms with van der Waals surface area (Å²) in [5, 5.41) is 9.45. The molecule has 0 bridgehead atoms. The Bertz CT molecular complexity index is 1160. The van der Waals surface area contributed by atoms with E-state index in [1.54, 1.807) is 49.8 Å². The summed E-state index contributed by atoms with van der Waals surface area (Å²) in [6.45, 7) is 3.55. The number of aromatic nitrogens is 2. The van der Waals surface area contributed by atoms with Crippen LogP contribution in [0.1, 0.15) is 34.6 Å². The van der Waals surface area contributed by atoms with Gasteiger partial charge >= 0.3 is 0 Å². The zero-order chi connectivity index (χ0) is 21.3. The van der Waals surface area contributed by atoms with Gasteiger partial charge in [-0.2, -0.15) is 5.10 Å². The molecule has 1 aromatic heterocycles. The van der Waals surface area contributed by atoms with Crippen molar-refractivity contribution in [1.82, 2.24) is 14.7 Å². The number of carbonyl (C=O) groups excluding carboxylic acids is 1. The fraction of sp³-hybridized carbons (Fsp3) is 0.200. The number of hydrogen-bond acceptors (Lipinski definition) is 4. The first-order valence-electron chi connectivity index (χ1n) is 8.80. The molecule has 0 aliphatic heterocycles. The van der Waals surface area contributed by atoms with Crippen molar-refractivity contribution in [2.24, 2.45) is 5.14 Å². The van der Waals surface area contributed by atoms with Crippen LogP contribution in [0.4, 0.5) is 4.39 Å². The van der Waals surface area contributed by atoms with Gasteiger partial charge in [0.1, 0.15) is 5.82 Å². The largest absolute Gasteiger partial charge is 0.335 e. The highest BCUT2D eigenvalue weighted by atomic mass is 32.2. The second-order valence-electron chi connectivity index (χ2n) is 6.74. The molecule has 0 radical (unpaired) electrons. The molecule has 9 heteroatoms. The summed E-state index contributed by atoms with van der Waals surface area (Å²) < 4.78 is 37.9. The minimum atomic E-state index is -3.84. The smallest absolute Gasteiger partial charge is 0.257 e. The second-order valence-corrected chi connectivity index (χ2v) is 8.30. The molecule has 0 fully saturated rings. The molecule has 0 saturated carbocycles. The van der Waals surface area contributed by atoms with Crippen LogP contribution in [0.25, 0.3) is 5.69 Å². The molecule has 29 heavy (non-hydrogen) atoms. The van der Waals surface area contributed by atoms with E-state index < -0.39 is 16.1 Å². The highest BCUT2D eigenvalue weighted by molar-refractivity contribution is 7.89. The van der Waals surface area contributed by atoms with E-state index in [2.05, 4.69) is 5.10 Å². The van der Waals surface area contributed by atoms with E-state index in [1.165, 1.54) is 35.4 Å². The van der Waals surface area contributed by atoms with Gasteiger partial charge in [-0.15, -0.1) is 0 Å². The van der Waals surface area contributed by atoms with Gasteiger partial charge in [0.2, 0.25) is 10.0 Å². The molecule has 1 heterocycles. The molecule has 0 aliphatic rings. The number of benzene rings is 2. The van der Waals surface area contributed by atoms with E-state index >= 15 is 0 Å². The fourth-order valence-corrected chi connectivity index (χ4v) is 3.57. The Morgan fingerprint density at radius 2 is 1.86 bits per heavy atom. The molecular formula is C20H21FN4O3S. The molecule has 1 unspecified atom stereocenters. The number of nitrogens with zero attached hydrogens (tertiary/aromatic N) is 3. The minimum absolute atomic E-state index is 0.0111. The first kappa shape index (κ1) is 20.7. The van der Waals surface area contributed by atoms with Crippen LogP contribution in [0.15, 0.2) is 59.6 Å². The third-order valence-corrected chi connectivity index (χ3v) is 5.79. The van der Waals surface area contributed by atoms with Gasteiger partial charge in [-0.3, -0.25) is 4.79 Å². The lowest BCUT2D eigenvalue weighted by molar-refractivity contribution is 0.0741. The first-order chi connectivity index (χ1) is 13.6. The van der Waals surface area contributed by atoms with E-state index in [0.29, 0.717) is 22.5 Å². The summed E-state index contributed by atoms with van der Waals surface area (Å²) in [5.41, 5.74) is 2.28. The molecule has 2 aromatic carbocycles. The normalized spacial score (nSPS) is 12.6. The molecule has 1 atom stereocenters. The van der Waals surface area contributed by atoms with Crippen LogP contribution in [0.3, 0.4) is 0 Å². The van der Waals surface area contributed by atoms with Crippen LogP contribution in [0, 0.1) is 12.7 Å². The maximum Gasteiger partial charge on any atom is 0.257 e. The number of primary sulfonamides is 1. The number of sulfonamides is 1. The highest BCUT2D eigenvalue weighted by Gasteiger charge is 2.24. The zero-order valence-corrected chi connectivity index (χ0v) is 17.0. The number of hydrogen-bond donors (Lipinski definition) is 1. The van der Waals surface area contributed by atoms with Crippen molar-refractivity contribution in [3.8, 4) is 5.69 Å². The van der Waals surface area contributed by atoms with Crippen LogP contribution < -0.4 is 5.14 Å². The van der Waals surface area contributed by atoms with E-state index in [4.69, 9.17) is 5.14 Å². The van der Waals surface area contributed by atoms with Crippen molar-refractivity contribution >= 4 is 15.9 Å². The molecule has 2 N–H and O–H groups in total. The number of amides is 1. The van der Waals surface area contributed by atoms with Gasteiger partial charge in [-0.25, -0.2) is 22.6 Å². The van der Waals surface area contributed by atoms with Crippen LogP contribution in [-0.4, -0.2) is 36.1 Å². The maximum atomic E-state index is 13.2. The summed E-state index contributed by atoms with van der Waals surface area (Å²) in [5.74, 6) is -0.630. The molecule has 0 aliphatic carbocycles. The van der Waals surface area contributed by atoms with Crippen molar-refractivity contribution in [2.75, 3.05) is 7.05 Å². The second kappa shape index (κ2) is 7.76. The molecular weight excluding hydrogens is 395 g/mol. The first-order valence-corrected chi connectivity index (χ1v) is 10.3. The van der Waals surface area contributed by atoms with Gasteiger partial charge in [0, 0.05) is 7.05 Å². The standard InChI is InChI=1S/C20H21FN4O3S/c1-13(15-5-4-6-18(11-15)29(22,27)28)24(3)20(26)19-12-23-25(14(19)2)17-9-7-16(21)8-10-17/h4-13H,1-3H3,(H2,22,27,28). The van der Waals surface area contributed by atoms with Crippen LogP contribution in [0.2, 0.25) is 0 Å². The van der Waals surface area contributed by atoms with Gasteiger partial charge in [0.25, 0.3) is 5.91 Å². The zero-order valence-electron chi connectivity index (χ0n) is 16.2. The summed E-state index contributed by atoms with van der Waals surface area (Å²) in [6, 6.07) is 11.6. The third kappa shape index (κ3) is 4.20. The van der Waals surface area contributed by atoms with Crippen LogP contribution >= 0.6 is 0 Å². The number of carbonyl (C=O) groups is 1. The lowest BCUT2D eigenvalue weighted by Crippen LogP contribution is -2.30. The Balaban J connectivity index is 1.88. The molecule has 3 rings (SSSR count). The lowest BCUT2D eigenvalue weighted by Gasteiger charge is -2.25. The van der Waals surface area contributed by atoms with Crippen molar-refractivity contribution < 1.29 is 17.6 Å². The van der Waals surface area contributed by atoms with Gasteiger partial charge < -0.3 is 4.90 Å². The van der Waals surface area contributed by atoms with Crippen molar-refractivity contribution in [3.05, 3.63) is 77.4 Å². The van der Waals surface area contributed by atoms with E-state index in [9.17, 15) is 17.6 Å². The number of nitrogens with two attached hydrogens (primary N) is 1. The van der Waals surface area contributed by atoms with Gasteiger partial charge in [0.05, 0.1) is 34.1 Å². The average molecular weight is 416 g/mol. The van der Waals surface area contributed by atoms with Crippen LogP contribution in [0.5, 0.6) is 0 Å². The number of rotatable bonds is 5. The molecule has 0 spiro atoms. The Labute approximate surface area is 168 Å². The monoisotopic (exact) mass is 416 g/mol. The minimum Gasteiger partial charge on any atom is -0.335 e. The Kier molecular flexibility index (Phi) is 5.54. The maximum absolute atomic E-state index is 13.2. The predicted octanol–water partition coefficient (Wildman–Crippen LogP) is 2.80. The topological polar surface area (TPSA) is 98.3 Å². The summed E-state index contributed by atoms with van der Waals surface area (Å²) in [4.78, 5) is 14.5. The quantitative estimate of drug-likeness (QED) is 0.691. The Morgan fingerprint density at radius 1 is 1.21 bits per heavy atom. The van der Waals surface area contributed by atoms with Crippen molar-refractivity contribution in [1.29, 1.82) is 0 Å². The van der Waals surface area contributed by atoms with Gasteiger partial charge in [0.15, 0.2) is 0 Å². The Morgan fingerprint density at radius 3 is 2.48 bits per heavy atom. The SMILES string of the molecule is Cc1c(C(=O)N(C)C(C)c2cccc(S(N)(=O)=O)c2)cnn1-c1ccc(F)cc1. The van der Waals surface area contributed by atoms with Gasteiger partial charge in [-0.05, 0) is 55.8 Å². The van der Waals surface area contributed by atoms with Crippen molar-refractivity contribution in [3.63, 3.8) is 0 Å². The highest BCUT2D eigenvalue weighted by Crippen LogP contribution is 2.24. The fourth-order valence-electron chi connectivity index (χ4n) is 3.00. The van der Waals surface area contributed by atoms with E-state index in [0.717, 1.165) is 0 Å². The number of halogens is 1. The lowest BCUT2D eigenvalue weighted by atomic mass is 10.1. The summed E-state index contributed by atoms with van der Waals surface area (Å²) in [6.07, 6.45) is 1.46. The van der Waals surface area contributed by atoms with Gasteiger partial charge in [-0.1, -0.05) is 12.1 Å². The van der Waals surface area contributed by atoms with Crippen LogP contribution in [-0.2, 0) is 10.0 Å². The summed E-state index contributed by atoms with van der Waals surface area (Å²) >= 11 is 0. The molecule has 7 nitrogen and oxygen atoms in total. The van der Waals surface area contributed by atoms with Crippen molar-refractivity contribution in [2.45, 2.75) is 24.8 Å². The Hall–Kier alpha value is -3.04. The van der Waals surface area contributed by atoms with E-state index in [-0.39, 0.29) is 16.6 Å². The molecule has 0 saturated heterocycles.